The number of rotatable bonds is 3. The van der Waals surface area contributed by atoms with Gasteiger partial charge >= 0.3 is 0 Å². The Balaban J connectivity index is 2.20. The van der Waals surface area contributed by atoms with Crippen LogP contribution in [-0.4, -0.2) is 11.4 Å². The molecule has 18 heavy (non-hydrogen) atoms. The van der Waals surface area contributed by atoms with Crippen LogP contribution in [0.1, 0.15) is 0 Å². The molecule has 0 saturated carbocycles. The van der Waals surface area contributed by atoms with Gasteiger partial charge in [-0.05, 0) is 53.9 Å². The summed E-state index contributed by atoms with van der Waals surface area (Å²) >= 11 is 6.54. The van der Waals surface area contributed by atoms with Crippen molar-refractivity contribution in [1.29, 1.82) is 0 Å². The van der Waals surface area contributed by atoms with Crippen LogP contribution in [0.2, 0.25) is 0 Å². The summed E-state index contributed by atoms with van der Waals surface area (Å²) in [5, 5.41) is 3.19. The Morgan fingerprint density at radius 1 is 1.00 bits per heavy atom. The highest BCUT2D eigenvalue weighted by atomic mass is 32.2. The third-order valence-electron chi connectivity index (χ3n) is 2.58. The molecule has 0 aliphatic rings. The maximum Gasteiger partial charge on any atom is 0.168 e. The Labute approximate surface area is 117 Å². The van der Waals surface area contributed by atoms with Gasteiger partial charge in [0.2, 0.25) is 0 Å². The van der Waals surface area contributed by atoms with Crippen molar-refractivity contribution < 1.29 is 0 Å². The molecule has 0 aromatic heterocycles. The van der Waals surface area contributed by atoms with Gasteiger partial charge in [-0.2, -0.15) is 0 Å². The molecular weight excluding hydrogens is 260 g/mol. The Kier molecular flexibility index (Phi) is 4.23. The number of nitrogens with two attached hydrogens (primary N) is 1. The zero-order valence-electron chi connectivity index (χ0n) is 10.0. The second-order valence-corrected chi connectivity index (χ2v) is 5.11. The lowest BCUT2D eigenvalue weighted by Gasteiger charge is -2.06. The first-order valence-corrected chi connectivity index (χ1v) is 7.13. The predicted molar refractivity (Wildman–Crippen MR) is 84.1 cm³/mol. The van der Waals surface area contributed by atoms with Crippen LogP contribution in [0, 0.1) is 0 Å². The topological polar surface area (TPSA) is 38.0 Å². The van der Waals surface area contributed by atoms with Gasteiger partial charge in [-0.25, -0.2) is 0 Å². The first-order chi connectivity index (χ1) is 8.69. The van der Waals surface area contributed by atoms with Gasteiger partial charge < -0.3 is 11.1 Å². The summed E-state index contributed by atoms with van der Waals surface area (Å²) in [5.74, 6) is 0. The summed E-state index contributed by atoms with van der Waals surface area (Å²) in [7, 11) is 0. The Morgan fingerprint density at radius 2 is 1.50 bits per heavy atom. The highest BCUT2D eigenvalue weighted by Crippen LogP contribution is 2.24. The molecule has 2 rings (SSSR count). The number of thioether (sulfide) groups is 1. The number of nitrogens with one attached hydrogen (secondary N) is 1. The lowest BCUT2D eigenvalue weighted by molar-refractivity contribution is 1.46. The van der Waals surface area contributed by atoms with Crippen molar-refractivity contribution >= 4 is 34.8 Å². The van der Waals surface area contributed by atoms with E-state index in [1.807, 2.05) is 12.1 Å². The van der Waals surface area contributed by atoms with Crippen molar-refractivity contribution in [2.45, 2.75) is 4.90 Å². The van der Waals surface area contributed by atoms with Crippen molar-refractivity contribution in [2.75, 3.05) is 11.6 Å². The van der Waals surface area contributed by atoms with E-state index in [4.69, 9.17) is 18.0 Å². The zero-order valence-corrected chi connectivity index (χ0v) is 11.6. The van der Waals surface area contributed by atoms with E-state index in [1.54, 1.807) is 11.8 Å². The third kappa shape index (κ3) is 3.24. The monoisotopic (exact) mass is 274 g/mol. The number of hydrogen-bond acceptors (Lipinski definition) is 2. The van der Waals surface area contributed by atoms with Crippen LogP contribution in [0.25, 0.3) is 11.1 Å². The van der Waals surface area contributed by atoms with Crippen LogP contribution in [0.15, 0.2) is 53.4 Å². The zero-order chi connectivity index (χ0) is 13.0. The molecule has 0 spiro atoms. The van der Waals surface area contributed by atoms with Crippen molar-refractivity contribution in [3.8, 4) is 11.1 Å². The molecule has 4 heteroatoms. The summed E-state index contributed by atoms with van der Waals surface area (Å²) in [5.41, 5.74) is 8.71. The second kappa shape index (κ2) is 5.89. The molecule has 0 radical (unpaired) electrons. The van der Waals surface area contributed by atoms with Gasteiger partial charge in [0, 0.05) is 10.6 Å². The smallest absolute Gasteiger partial charge is 0.168 e. The number of benzene rings is 2. The minimum atomic E-state index is 0.284. The summed E-state index contributed by atoms with van der Waals surface area (Å²) in [4.78, 5) is 1.27. The highest BCUT2D eigenvalue weighted by molar-refractivity contribution is 7.98. The lowest BCUT2D eigenvalue weighted by atomic mass is 10.1. The summed E-state index contributed by atoms with van der Waals surface area (Å²) < 4.78 is 0. The minimum absolute atomic E-state index is 0.284. The fourth-order valence-electron chi connectivity index (χ4n) is 1.67. The van der Waals surface area contributed by atoms with E-state index in [1.165, 1.54) is 16.0 Å². The van der Waals surface area contributed by atoms with Gasteiger partial charge in [-0.15, -0.1) is 11.8 Å². The standard InChI is InChI=1S/C14H14N2S2/c1-18-13-8-4-11(5-9-13)10-2-6-12(7-3-10)16-14(15)17/h2-9H,1H3,(H3,15,16,17). The van der Waals surface area contributed by atoms with E-state index in [0.717, 1.165) is 5.69 Å². The van der Waals surface area contributed by atoms with E-state index < -0.39 is 0 Å². The highest BCUT2D eigenvalue weighted by Gasteiger charge is 1.99. The predicted octanol–water partition coefficient (Wildman–Crippen LogP) is 3.73. The first-order valence-electron chi connectivity index (χ1n) is 5.50. The quantitative estimate of drug-likeness (QED) is 0.660. The molecule has 0 saturated heterocycles. The molecule has 92 valence electrons. The average Bonchev–Trinajstić information content (AvgIpc) is 2.39. The van der Waals surface area contributed by atoms with Crippen LogP contribution in [-0.2, 0) is 0 Å². The van der Waals surface area contributed by atoms with Crippen LogP contribution in [0.3, 0.4) is 0 Å². The van der Waals surface area contributed by atoms with Gasteiger partial charge in [0.05, 0.1) is 0 Å². The first kappa shape index (κ1) is 12.9. The Hall–Kier alpha value is -1.52. The van der Waals surface area contributed by atoms with Crippen LogP contribution >= 0.6 is 24.0 Å². The molecule has 0 aliphatic carbocycles. The van der Waals surface area contributed by atoms with E-state index in [-0.39, 0.29) is 5.11 Å². The van der Waals surface area contributed by atoms with E-state index >= 15 is 0 Å². The van der Waals surface area contributed by atoms with Crippen molar-refractivity contribution in [3.63, 3.8) is 0 Å². The fraction of sp³-hybridized carbons (Fsp3) is 0.0714. The fourth-order valence-corrected chi connectivity index (χ4v) is 2.20. The maximum atomic E-state index is 5.42. The number of anilines is 1. The molecule has 0 atom stereocenters. The summed E-state index contributed by atoms with van der Waals surface area (Å²) in [6.45, 7) is 0. The van der Waals surface area contributed by atoms with Crippen LogP contribution in [0.5, 0.6) is 0 Å². The van der Waals surface area contributed by atoms with Gasteiger partial charge in [0.1, 0.15) is 0 Å². The van der Waals surface area contributed by atoms with E-state index in [2.05, 4.69) is 48.0 Å². The molecule has 2 nitrogen and oxygen atoms in total. The minimum Gasteiger partial charge on any atom is -0.376 e. The van der Waals surface area contributed by atoms with Crippen LogP contribution in [0.4, 0.5) is 5.69 Å². The molecule has 2 aromatic carbocycles. The van der Waals surface area contributed by atoms with E-state index in [0.29, 0.717) is 0 Å². The number of hydrogen-bond donors (Lipinski definition) is 2. The Bertz CT molecular complexity index is 533. The van der Waals surface area contributed by atoms with Crippen molar-refractivity contribution in [2.24, 2.45) is 5.73 Å². The molecule has 2 aromatic rings. The van der Waals surface area contributed by atoms with E-state index in [9.17, 15) is 0 Å². The second-order valence-electron chi connectivity index (χ2n) is 3.80. The molecule has 3 N–H and O–H groups in total. The average molecular weight is 274 g/mol. The Morgan fingerprint density at radius 3 is 1.94 bits per heavy atom. The number of thiocarbonyl (C=S) groups is 1. The lowest BCUT2D eigenvalue weighted by Crippen LogP contribution is -2.18. The van der Waals surface area contributed by atoms with Crippen molar-refractivity contribution in [3.05, 3.63) is 48.5 Å². The normalized spacial score (nSPS) is 10.1. The van der Waals surface area contributed by atoms with Gasteiger partial charge in [0.15, 0.2) is 5.11 Å². The van der Waals surface area contributed by atoms with Gasteiger partial charge in [-0.3, -0.25) is 0 Å². The molecular formula is C14H14N2S2. The maximum absolute atomic E-state index is 5.42. The van der Waals surface area contributed by atoms with Crippen LogP contribution < -0.4 is 11.1 Å². The summed E-state index contributed by atoms with van der Waals surface area (Å²) in [6.07, 6.45) is 2.07. The summed E-state index contributed by atoms with van der Waals surface area (Å²) in [6, 6.07) is 16.5. The molecule has 0 aliphatic heterocycles. The van der Waals surface area contributed by atoms with Gasteiger partial charge in [-0.1, -0.05) is 24.3 Å². The molecule has 0 heterocycles. The largest absolute Gasteiger partial charge is 0.376 e. The molecule has 0 unspecified atom stereocenters. The van der Waals surface area contributed by atoms with Gasteiger partial charge in [0.25, 0.3) is 0 Å². The molecule has 0 bridgehead atoms. The molecule has 0 amide bonds. The van der Waals surface area contributed by atoms with Crippen molar-refractivity contribution in [1.82, 2.24) is 0 Å². The third-order valence-corrected chi connectivity index (χ3v) is 3.42. The molecule has 0 fully saturated rings. The SMILES string of the molecule is CSc1ccc(-c2ccc(NC(N)=S)cc2)cc1.